The number of benzene rings is 2. The van der Waals surface area contributed by atoms with Gasteiger partial charge in [0.15, 0.2) is 9.84 Å². The number of nitrogens with one attached hydrogen (secondary N) is 2. The van der Waals surface area contributed by atoms with Crippen LogP contribution in [-0.4, -0.2) is 41.5 Å². The van der Waals surface area contributed by atoms with E-state index in [0.717, 1.165) is 17.5 Å². The summed E-state index contributed by atoms with van der Waals surface area (Å²) in [5.41, 5.74) is 5.20. The Labute approximate surface area is 179 Å². The van der Waals surface area contributed by atoms with Crippen molar-refractivity contribution in [3.8, 4) is 11.1 Å². The molecule has 0 saturated carbocycles. The predicted molar refractivity (Wildman–Crippen MR) is 116 cm³/mol. The van der Waals surface area contributed by atoms with E-state index in [-0.39, 0.29) is 17.5 Å². The minimum absolute atomic E-state index is 0.0265. The largest absolute Gasteiger partial charge is 0.318 e. The lowest BCUT2D eigenvalue weighted by atomic mass is 10.1. The molecule has 5 rings (SSSR count). The van der Waals surface area contributed by atoms with Crippen LogP contribution >= 0.6 is 0 Å². The fraction of sp³-hybridized carbons (Fsp3) is 0.227. The van der Waals surface area contributed by atoms with Gasteiger partial charge >= 0.3 is 11.8 Å². The van der Waals surface area contributed by atoms with Crippen LogP contribution in [0, 0.1) is 0 Å². The number of carbonyl (C=O) groups excluding carboxylic acids is 2. The van der Waals surface area contributed by atoms with E-state index in [1.54, 1.807) is 12.1 Å². The highest BCUT2D eigenvalue weighted by Crippen LogP contribution is 2.37. The molecule has 1 aliphatic carbocycles. The third kappa shape index (κ3) is 3.72. The zero-order chi connectivity index (χ0) is 21.6. The Kier molecular flexibility index (Phi) is 4.62. The number of fused-ring (bicyclic) bond motifs is 3. The monoisotopic (exact) mass is 436 g/mol. The average Bonchev–Trinajstić information content (AvgIpc) is 3.43. The predicted octanol–water partition coefficient (Wildman–Crippen LogP) is 2.39. The first-order valence-electron chi connectivity index (χ1n) is 9.97. The van der Waals surface area contributed by atoms with Crippen molar-refractivity contribution in [2.45, 2.75) is 18.9 Å². The number of sulfone groups is 1. The van der Waals surface area contributed by atoms with E-state index in [9.17, 15) is 18.0 Å². The minimum Gasteiger partial charge on any atom is -0.318 e. The molecule has 2 heterocycles. The van der Waals surface area contributed by atoms with Crippen molar-refractivity contribution in [1.29, 1.82) is 0 Å². The second-order valence-corrected chi connectivity index (χ2v) is 10.1. The molecule has 3 aromatic rings. The summed E-state index contributed by atoms with van der Waals surface area (Å²) in [7, 11) is -3.10. The zero-order valence-corrected chi connectivity index (χ0v) is 17.4. The highest BCUT2D eigenvalue weighted by atomic mass is 32.2. The molecule has 1 aromatic heterocycles. The van der Waals surface area contributed by atoms with Gasteiger partial charge in [-0.3, -0.25) is 9.59 Å². The molecule has 2 N–H and O–H groups in total. The summed E-state index contributed by atoms with van der Waals surface area (Å²) in [6, 6.07) is 15.0. The fourth-order valence-electron chi connectivity index (χ4n) is 4.26. The minimum atomic E-state index is -3.10. The van der Waals surface area contributed by atoms with E-state index in [4.69, 9.17) is 0 Å². The van der Waals surface area contributed by atoms with Crippen LogP contribution in [0.5, 0.6) is 0 Å². The fourth-order valence-corrected chi connectivity index (χ4v) is 5.95. The number of anilines is 2. The van der Waals surface area contributed by atoms with Gasteiger partial charge in [0, 0.05) is 11.8 Å². The third-order valence-electron chi connectivity index (χ3n) is 5.72. The lowest BCUT2D eigenvalue weighted by molar-refractivity contribution is -0.133. The lowest BCUT2D eigenvalue weighted by Gasteiger charge is -2.14. The summed E-state index contributed by atoms with van der Waals surface area (Å²) >= 11 is 0. The summed E-state index contributed by atoms with van der Waals surface area (Å²) in [5, 5.41) is 9.30. The van der Waals surface area contributed by atoms with Crippen LogP contribution in [-0.2, 0) is 25.8 Å². The molecule has 1 atom stereocenters. The molecular weight excluding hydrogens is 416 g/mol. The van der Waals surface area contributed by atoms with Crippen LogP contribution in [0.1, 0.15) is 23.6 Å². The Morgan fingerprint density at radius 2 is 1.74 bits per heavy atom. The number of hydrogen-bond acceptors (Lipinski definition) is 5. The van der Waals surface area contributed by atoms with E-state index < -0.39 is 21.7 Å². The molecule has 0 unspecified atom stereocenters. The molecule has 0 radical (unpaired) electrons. The molecule has 31 heavy (non-hydrogen) atoms. The summed E-state index contributed by atoms with van der Waals surface area (Å²) < 4.78 is 24.9. The Hall–Kier alpha value is -3.46. The zero-order valence-electron chi connectivity index (χ0n) is 16.5. The molecule has 9 heteroatoms. The maximum absolute atomic E-state index is 12.4. The van der Waals surface area contributed by atoms with Gasteiger partial charge in [0.2, 0.25) is 0 Å². The number of nitrogens with zero attached hydrogens (tertiary/aromatic N) is 2. The summed E-state index contributed by atoms with van der Waals surface area (Å²) in [4.78, 5) is 24.9. The van der Waals surface area contributed by atoms with Gasteiger partial charge in [-0.1, -0.05) is 30.3 Å². The summed E-state index contributed by atoms with van der Waals surface area (Å²) in [6.07, 6.45) is 2.68. The molecule has 8 nitrogen and oxygen atoms in total. The van der Waals surface area contributed by atoms with Crippen molar-refractivity contribution in [2.24, 2.45) is 0 Å². The molecule has 1 saturated heterocycles. The number of amides is 2. The van der Waals surface area contributed by atoms with E-state index in [1.165, 1.54) is 22.0 Å². The maximum Gasteiger partial charge on any atom is 0.315 e. The van der Waals surface area contributed by atoms with Crippen molar-refractivity contribution in [3.05, 3.63) is 65.9 Å². The van der Waals surface area contributed by atoms with Crippen LogP contribution in [0.15, 0.2) is 54.7 Å². The van der Waals surface area contributed by atoms with E-state index in [1.807, 2.05) is 24.3 Å². The molecule has 2 amide bonds. The SMILES string of the molecule is O=C(Nc1ccc2c(c1)Cc1ccccc1-2)C(=O)Nc1ccnn1[C@@H]1CCS(=O)(=O)C1. The van der Waals surface area contributed by atoms with Crippen molar-refractivity contribution in [3.63, 3.8) is 0 Å². The first kappa shape index (κ1) is 19.5. The van der Waals surface area contributed by atoms with Crippen LogP contribution in [0.2, 0.25) is 0 Å². The standard InChI is InChI=1S/C22H20N4O4S/c27-21(22(28)25-20-7-9-23-26(20)17-8-10-31(29,30)13-17)24-16-5-6-19-15(12-16)11-14-3-1-2-4-18(14)19/h1-7,9,12,17H,8,10-11,13H2,(H,24,27)(H,25,28)/t17-/m1/s1. The van der Waals surface area contributed by atoms with Gasteiger partial charge in [-0.15, -0.1) is 0 Å². The van der Waals surface area contributed by atoms with Crippen LogP contribution < -0.4 is 10.6 Å². The van der Waals surface area contributed by atoms with Gasteiger partial charge in [0.25, 0.3) is 0 Å². The second kappa shape index (κ2) is 7.35. The topological polar surface area (TPSA) is 110 Å². The average molecular weight is 436 g/mol. The number of aromatic nitrogens is 2. The molecular formula is C22H20N4O4S. The van der Waals surface area contributed by atoms with Crippen molar-refractivity contribution >= 4 is 33.2 Å². The molecule has 2 aromatic carbocycles. The van der Waals surface area contributed by atoms with Crippen molar-refractivity contribution in [2.75, 3.05) is 22.1 Å². The third-order valence-corrected chi connectivity index (χ3v) is 7.47. The Morgan fingerprint density at radius 1 is 0.968 bits per heavy atom. The molecule has 0 bridgehead atoms. The van der Waals surface area contributed by atoms with Gasteiger partial charge in [0.05, 0.1) is 23.7 Å². The second-order valence-electron chi connectivity index (χ2n) is 7.83. The molecule has 158 valence electrons. The summed E-state index contributed by atoms with van der Waals surface area (Å²) in [5.74, 6) is -1.28. The van der Waals surface area contributed by atoms with Gasteiger partial charge < -0.3 is 10.6 Å². The normalized spacial score (nSPS) is 18.3. The highest BCUT2D eigenvalue weighted by molar-refractivity contribution is 7.91. The number of carbonyl (C=O) groups is 2. The smallest absolute Gasteiger partial charge is 0.315 e. The molecule has 1 fully saturated rings. The molecule has 1 aliphatic heterocycles. The van der Waals surface area contributed by atoms with Gasteiger partial charge in [-0.05, 0) is 47.2 Å². The van der Waals surface area contributed by atoms with E-state index >= 15 is 0 Å². The van der Waals surface area contributed by atoms with Gasteiger partial charge in [0.1, 0.15) is 5.82 Å². The van der Waals surface area contributed by atoms with Crippen molar-refractivity contribution in [1.82, 2.24) is 9.78 Å². The highest BCUT2D eigenvalue weighted by Gasteiger charge is 2.31. The van der Waals surface area contributed by atoms with Crippen LogP contribution in [0.4, 0.5) is 11.5 Å². The van der Waals surface area contributed by atoms with Gasteiger partial charge in [-0.2, -0.15) is 5.10 Å². The first-order valence-corrected chi connectivity index (χ1v) is 11.8. The first-order chi connectivity index (χ1) is 14.9. The Bertz CT molecular complexity index is 1310. The van der Waals surface area contributed by atoms with E-state index in [2.05, 4.69) is 27.9 Å². The van der Waals surface area contributed by atoms with Gasteiger partial charge in [-0.25, -0.2) is 13.1 Å². The Morgan fingerprint density at radius 3 is 2.55 bits per heavy atom. The lowest BCUT2D eigenvalue weighted by Crippen LogP contribution is -2.30. The maximum atomic E-state index is 12.4. The van der Waals surface area contributed by atoms with Crippen LogP contribution in [0.25, 0.3) is 11.1 Å². The number of rotatable bonds is 3. The quantitative estimate of drug-likeness (QED) is 0.479. The van der Waals surface area contributed by atoms with E-state index in [0.29, 0.717) is 17.9 Å². The molecule has 2 aliphatic rings. The number of hydrogen-bond donors (Lipinski definition) is 2. The van der Waals surface area contributed by atoms with Crippen LogP contribution in [0.3, 0.4) is 0 Å². The summed E-state index contributed by atoms with van der Waals surface area (Å²) in [6.45, 7) is 0. The molecule has 0 spiro atoms. The van der Waals surface area contributed by atoms with Crippen molar-refractivity contribution < 1.29 is 18.0 Å². The Balaban J connectivity index is 1.27.